The molecule has 0 unspecified atom stereocenters. The van der Waals surface area contributed by atoms with Crippen molar-refractivity contribution in [3.8, 4) is 0 Å². The summed E-state index contributed by atoms with van der Waals surface area (Å²) >= 11 is 5.66. The van der Waals surface area contributed by atoms with Crippen molar-refractivity contribution in [2.75, 3.05) is 0 Å². The number of carbonyl (C=O) groups excluding carboxylic acids is 1. The molecule has 0 heterocycles. The lowest BCUT2D eigenvalue weighted by Crippen LogP contribution is -2.05. The maximum absolute atomic E-state index is 12.5. The van der Waals surface area contributed by atoms with Gasteiger partial charge in [0.05, 0.1) is 0 Å². The first-order valence-corrected chi connectivity index (χ1v) is 4.46. The van der Waals surface area contributed by atoms with Gasteiger partial charge in [-0.1, -0.05) is 0 Å². The van der Waals surface area contributed by atoms with Crippen LogP contribution in [0.4, 0.5) is 4.39 Å². The molecule has 0 amide bonds. The van der Waals surface area contributed by atoms with Gasteiger partial charge in [-0.05, 0) is 31.2 Å². The second-order valence-electron chi connectivity index (χ2n) is 2.91. The standard InChI is InChI=1S/C10H10ClFO/c1-7(11)6-10(13)8-2-4-9(12)5-3-8/h2-5,7H,6H2,1H3/t7-/m0/s1. The Bertz CT molecular complexity index is 292. The van der Waals surface area contributed by atoms with Crippen LogP contribution >= 0.6 is 11.6 Å². The van der Waals surface area contributed by atoms with Gasteiger partial charge in [-0.15, -0.1) is 11.6 Å². The summed E-state index contributed by atoms with van der Waals surface area (Å²) in [5.74, 6) is -0.391. The smallest absolute Gasteiger partial charge is 0.164 e. The highest BCUT2D eigenvalue weighted by atomic mass is 35.5. The van der Waals surface area contributed by atoms with Crippen LogP contribution in [0.15, 0.2) is 24.3 Å². The van der Waals surface area contributed by atoms with E-state index in [1.807, 2.05) is 0 Å². The number of Topliss-reactive ketones (excluding diaryl/α,β-unsaturated/α-hetero) is 1. The van der Waals surface area contributed by atoms with E-state index in [-0.39, 0.29) is 23.4 Å². The molecule has 1 atom stereocenters. The van der Waals surface area contributed by atoms with Gasteiger partial charge in [-0.2, -0.15) is 0 Å². The van der Waals surface area contributed by atoms with E-state index < -0.39 is 0 Å². The predicted octanol–water partition coefficient (Wildman–Crippen LogP) is 3.03. The first-order valence-electron chi connectivity index (χ1n) is 4.02. The number of halogens is 2. The topological polar surface area (TPSA) is 17.1 Å². The van der Waals surface area contributed by atoms with Gasteiger partial charge in [-0.25, -0.2) is 4.39 Å². The second-order valence-corrected chi connectivity index (χ2v) is 3.66. The van der Waals surface area contributed by atoms with Gasteiger partial charge in [0.2, 0.25) is 0 Å². The summed E-state index contributed by atoms with van der Waals surface area (Å²) in [5.41, 5.74) is 0.508. The number of ketones is 1. The van der Waals surface area contributed by atoms with Crippen LogP contribution in [0.1, 0.15) is 23.7 Å². The van der Waals surface area contributed by atoms with E-state index in [9.17, 15) is 9.18 Å². The third-order valence-electron chi connectivity index (χ3n) is 1.63. The first kappa shape index (κ1) is 10.2. The van der Waals surface area contributed by atoms with E-state index in [0.717, 1.165) is 0 Å². The predicted molar refractivity (Wildman–Crippen MR) is 50.7 cm³/mol. The lowest BCUT2D eigenvalue weighted by Gasteiger charge is -2.01. The summed E-state index contributed by atoms with van der Waals surface area (Å²) in [6, 6.07) is 5.48. The maximum Gasteiger partial charge on any atom is 0.164 e. The Morgan fingerprint density at radius 1 is 1.46 bits per heavy atom. The molecule has 1 aromatic carbocycles. The fourth-order valence-corrected chi connectivity index (χ4v) is 1.15. The van der Waals surface area contributed by atoms with Crippen molar-refractivity contribution in [3.63, 3.8) is 0 Å². The van der Waals surface area contributed by atoms with Crippen molar-refractivity contribution >= 4 is 17.4 Å². The average Bonchev–Trinajstić information content (AvgIpc) is 2.04. The molecule has 0 aromatic heterocycles. The van der Waals surface area contributed by atoms with E-state index in [0.29, 0.717) is 5.56 Å². The molecular weight excluding hydrogens is 191 g/mol. The van der Waals surface area contributed by atoms with Crippen molar-refractivity contribution in [1.29, 1.82) is 0 Å². The number of hydrogen-bond acceptors (Lipinski definition) is 1. The highest BCUT2D eigenvalue weighted by molar-refractivity contribution is 6.22. The molecule has 0 N–H and O–H groups in total. The minimum atomic E-state index is -0.338. The van der Waals surface area contributed by atoms with Gasteiger partial charge >= 0.3 is 0 Å². The summed E-state index contributed by atoms with van der Waals surface area (Å²) in [5, 5.41) is -0.183. The molecule has 0 saturated heterocycles. The normalized spacial score (nSPS) is 12.5. The van der Waals surface area contributed by atoms with Crippen LogP contribution in [-0.4, -0.2) is 11.2 Å². The minimum absolute atomic E-state index is 0.0532. The molecule has 1 rings (SSSR count). The molecule has 0 aliphatic rings. The van der Waals surface area contributed by atoms with Gasteiger partial charge in [0.25, 0.3) is 0 Å². The summed E-state index contributed by atoms with van der Waals surface area (Å²) in [6.45, 7) is 1.75. The Kier molecular flexibility index (Phi) is 3.43. The number of alkyl halides is 1. The third-order valence-corrected chi connectivity index (χ3v) is 1.79. The summed E-state index contributed by atoms with van der Waals surface area (Å²) in [6.07, 6.45) is 0.285. The minimum Gasteiger partial charge on any atom is -0.294 e. The Morgan fingerprint density at radius 2 is 2.00 bits per heavy atom. The average molecular weight is 201 g/mol. The largest absolute Gasteiger partial charge is 0.294 e. The second kappa shape index (κ2) is 4.38. The van der Waals surface area contributed by atoms with Gasteiger partial charge in [0.15, 0.2) is 5.78 Å². The van der Waals surface area contributed by atoms with Crippen LogP contribution in [0.2, 0.25) is 0 Å². The highest BCUT2D eigenvalue weighted by Gasteiger charge is 2.08. The molecule has 0 spiro atoms. The third kappa shape index (κ3) is 3.15. The van der Waals surface area contributed by atoms with Gasteiger partial charge < -0.3 is 0 Å². The molecule has 0 aliphatic carbocycles. The van der Waals surface area contributed by atoms with Crippen molar-refractivity contribution < 1.29 is 9.18 Å². The van der Waals surface area contributed by atoms with Crippen LogP contribution in [-0.2, 0) is 0 Å². The van der Waals surface area contributed by atoms with Crippen LogP contribution in [0, 0.1) is 5.82 Å². The molecule has 0 fully saturated rings. The summed E-state index contributed by atoms with van der Waals surface area (Å²) < 4.78 is 12.5. The lowest BCUT2D eigenvalue weighted by molar-refractivity contribution is 0.0983. The summed E-state index contributed by atoms with van der Waals surface area (Å²) in [7, 11) is 0. The molecule has 0 bridgehead atoms. The first-order chi connectivity index (χ1) is 6.09. The molecule has 3 heteroatoms. The number of benzene rings is 1. The zero-order valence-electron chi connectivity index (χ0n) is 7.26. The fourth-order valence-electron chi connectivity index (χ4n) is 1.01. The number of hydrogen-bond donors (Lipinski definition) is 0. The van der Waals surface area contributed by atoms with Crippen LogP contribution in [0.5, 0.6) is 0 Å². The van der Waals surface area contributed by atoms with Crippen molar-refractivity contribution in [2.24, 2.45) is 0 Å². The number of carbonyl (C=O) groups is 1. The Balaban J connectivity index is 2.72. The van der Waals surface area contributed by atoms with Crippen LogP contribution < -0.4 is 0 Å². The zero-order chi connectivity index (χ0) is 9.84. The van der Waals surface area contributed by atoms with Gasteiger partial charge in [-0.3, -0.25) is 4.79 Å². The maximum atomic E-state index is 12.5. The Morgan fingerprint density at radius 3 is 2.46 bits per heavy atom. The quantitative estimate of drug-likeness (QED) is 0.542. The van der Waals surface area contributed by atoms with Crippen molar-refractivity contribution in [3.05, 3.63) is 35.6 Å². The SMILES string of the molecule is C[C@H](Cl)CC(=O)c1ccc(F)cc1. The lowest BCUT2D eigenvalue weighted by atomic mass is 10.1. The van der Waals surface area contributed by atoms with Crippen LogP contribution in [0.25, 0.3) is 0 Å². The zero-order valence-corrected chi connectivity index (χ0v) is 8.01. The van der Waals surface area contributed by atoms with Crippen molar-refractivity contribution in [2.45, 2.75) is 18.7 Å². The van der Waals surface area contributed by atoms with Crippen LogP contribution in [0.3, 0.4) is 0 Å². The highest BCUT2D eigenvalue weighted by Crippen LogP contribution is 2.09. The van der Waals surface area contributed by atoms with E-state index in [1.54, 1.807) is 6.92 Å². The molecule has 1 aromatic rings. The Labute approximate surface area is 81.5 Å². The molecule has 0 saturated carbocycles. The van der Waals surface area contributed by atoms with Crippen molar-refractivity contribution in [1.82, 2.24) is 0 Å². The van der Waals surface area contributed by atoms with Gasteiger partial charge in [0, 0.05) is 17.4 Å². The summed E-state index contributed by atoms with van der Waals surface area (Å²) in [4.78, 5) is 11.4. The van der Waals surface area contributed by atoms with E-state index in [2.05, 4.69) is 0 Å². The molecule has 13 heavy (non-hydrogen) atoms. The van der Waals surface area contributed by atoms with E-state index in [4.69, 9.17) is 11.6 Å². The molecule has 70 valence electrons. The molecule has 0 aliphatic heterocycles. The van der Waals surface area contributed by atoms with Gasteiger partial charge in [0.1, 0.15) is 5.82 Å². The molecule has 1 nitrogen and oxygen atoms in total. The monoisotopic (exact) mass is 200 g/mol. The number of rotatable bonds is 3. The van der Waals surface area contributed by atoms with E-state index in [1.165, 1.54) is 24.3 Å². The van der Waals surface area contributed by atoms with E-state index >= 15 is 0 Å². The molecular formula is C10H10ClFO. The Hall–Kier alpha value is -0.890. The fraction of sp³-hybridized carbons (Fsp3) is 0.300. The molecule has 0 radical (unpaired) electrons.